The van der Waals surface area contributed by atoms with Gasteiger partial charge in [-0.15, -0.1) is 0 Å². The van der Waals surface area contributed by atoms with Crippen LogP contribution < -0.4 is 0 Å². The van der Waals surface area contributed by atoms with Gasteiger partial charge < -0.3 is 14.7 Å². The first-order chi connectivity index (χ1) is 7.99. The zero-order chi connectivity index (χ0) is 12.6. The highest BCUT2D eigenvalue weighted by Gasteiger charge is 2.53. The Morgan fingerprint density at radius 3 is 2.41 bits per heavy atom. The highest BCUT2D eigenvalue weighted by atomic mass is 16.5. The standard InChI is InChI=1S/C12H19NO4/c1-8-9(4-7-17-8)13(2)10(14)12(11(15)16)5-3-6-12/h8-9H,3-7H2,1-2H3,(H,15,16). The molecule has 0 aromatic rings. The van der Waals surface area contributed by atoms with Gasteiger partial charge in [-0.3, -0.25) is 9.59 Å². The summed E-state index contributed by atoms with van der Waals surface area (Å²) in [4.78, 5) is 25.2. The Balaban J connectivity index is 2.11. The van der Waals surface area contributed by atoms with Crippen LogP contribution in [0.25, 0.3) is 0 Å². The van der Waals surface area contributed by atoms with E-state index >= 15 is 0 Å². The van der Waals surface area contributed by atoms with E-state index in [1.165, 1.54) is 0 Å². The van der Waals surface area contributed by atoms with Crippen molar-refractivity contribution in [3.63, 3.8) is 0 Å². The fourth-order valence-electron chi connectivity index (χ4n) is 2.77. The van der Waals surface area contributed by atoms with Crippen LogP contribution in [-0.4, -0.2) is 47.7 Å². The second kappa shape index (κ2) is 4.29. The maximum absolute atomic E-state index is 12.3. The number of carbonyl (C=O) groups excluding carboxylic acids is 1. The fourth-order valence-corrected chi connectivity index (χ4v) is 2.77. The molecule has 0 radical (unpaired) electrons. The fraction of sp³-hybridized carbons (Fsp3) is 0.833. The molecule has 0 bridgehead atoms. The molecule has 0 spiro atoms. The SMILES string of the molecule is CC1OCCC1N(C)C(=O)C1(C(=O)O)CCC1. The number of carboxylic acid groups (broad SMARTS) is 1. The van der Waals surface area contributed by atoms with Gasteiger partial charge in [-0.1, -0.05) is 6.42 Å². The summed E-state index contributed by atoms with van der Waals surface area (Å²) in [6.45, 7) is 2.57. The first-order valence-corrected chi connectivity index (χ1v) is 6.11. The van der Waals surface area contributed by atoms with Crippen LogP contribution in [0.2, 0.25) is 0 Å². The normalized spacial score (nSPS) is 30.7. The number of carboxylic acids is 1. The number of carbonyl (C=O) groups is 2. The molecule has 1 aliphatic carbocycles. The van der Waals surface area contributed by atoms with Crippen LogP contribution in [0.15, 0.2) is 0 Å². The summed E-state index contributed by atoms with van der Waals surface area (Å²) in [5.41, 5.74) is -1.16. The lowest BCUT2D eigenvalue weighted by molar-refractivity contribution is -0.168. The molecular weight excluding hydrogens is 222 g/mol. The molecule has 17 heavy (non-hydrogen) atoms. The summed E-state index contributed by atoms with van der Waals surface area (Å²) in [6.07, 6.45) is 2.54. The summed E-state index contributed by atoms with van der Waals surface area (Å²) in [5, 5.41) is 9.23. The molecule has 1 N–H and O–H groups in total. The number of nitrogens with zero attached hydrogens (tertiary/aromatic N) is 1. The largest absolute Gasteiger partial charge is 0.480 e. The summed E-state index contributed by atoms with van der Waals surface area (Å²) in [5.74, 6) is -1.23. The van der Waals surface area contributed by atoms with Gasteiger partial charge in [-0.25, -0.2) is 0 Å². The minimum Gasteiger partial charge on any atom is -0.480 e. The lowest BCUT2D eigenvalue weighted by Gasteiger charge is -2.41. The third-order valence-electron chi connectivity index (χ3n) is 4.18. The molecule has 1 amide bonds. The molecule has 2 rings (SSSR count). The van der Waals surface area contributed by atoms with E-state index in [4.69, 9.17) is 4.74 Å². The number of ether oxygens (including phenoxy) is 1. The van der Waals surface area contributed by atoms with Crippen LogP contribution in [0.5, 0.6) is 0 Å². The molecule has 2 unspecified atom stereocenters. The molecule has 5 heteroatoms. The van der Waals surface area contributed by atoms with E-state index in [1.54, 1.807) is 11.9 Å². The number of rotatable bonds is 3. The van der Waals surface area contributed by atoms with E-state index in [9.17, 15) is 14.7 Å². The first kappa shape index (κ1) is 12.4. The topological polar surface area (TPSA) is 66.8 Å². The van der Waals surface area contributed by atoms with Gasteiger partial charge in [0.1, 0.15) is 5.41 Å². The van der Waals surface area contributed by atoms with E-state index < -0.39 is 11.4 Å². The van der Waals surface area contributed by atoms with Gasteiger partial charge in [0, 0.05) is 13.7 Å². The highest BCUT2D eigenvalue weighted by Crippen LogP contribution is 2.43. The van der Waals surface area contributed by atoms with Crippen molar-refractivity contribution in [2.75, 3.05) is 13.7 Å². The van der Waals surface area contributed by atoms with Crippen molar-refractivity contribution < 1.29 is 19.4 Å². The second-order valence-electron chi connectivity index (χ2n) is 5.09. The van der Waals surface area contributed by atoms with Crippen molar-refractivity contribution in [3.05, 3.63) is 0 Å². The van der Waals surface area contributed by atoms with E-state index in [-0.39, 0.29) is 18.1 Å². The monoisotopic (exact) mass is 241 g/mol. The van der Waals surface area contributed by atoms with Crippen molar-refractivity contribution in [3.8, 4) is 0 Å². The summed E-state index contributed by atoms with van der Waals surface area (Å²) in [7, 11) is 1.70. The van der Waals surface area contributed by atoms with Crippen LogP contribution in [0.1, 0.15) is 32.6 Å². The zero-order valence-electron chi connectivity index (χ0n) is 10.3. The number of likely N-dealkylation sites (N-methyl/N-ethyl adjacent to an activating group) is 1. The van der Waals surface area contributed by atoms with Crippen LogP contribution in [0, 0.1) is 5.41 Å². The molecule has 0 aromatic carbocycles. The van der Waals surface area contributed by atoms with Crippen molar-refractivity contribution in [1.29, 1.82) is 0 Å². The van der Waals surface area contributed by atoms with Crippen LogP contribution >= 0.6 is 0 Å². The van der Waals surface area contributed by atoms with E-state index in [2.05, 4.69) is 0 Å². The Morgan fingerprint density at radius 2 is 2.06 bits per heavy atom. The number of aliphatic carboxylic acids is 1. The minimum atomic E-state index is -1.16. The smallest absolute Gasteiger partial charge is 0.319 e. The third-order valence-corrected chi connectivity index (χ3v) is 4.18. The zero-order valence-corrected chi connectivity index (χ0v) is 10.3. The second-order valence-corrected chi connectivity index (χ2v) is 5.09. The molecule has 5 nitrogen and oxygen atoms in total. The lowest BCUT2D eigenvalue weighted by atomic mass is 9.67. The molecule has 0 aromatic heterocycles. The first-order valence-electron chi connectivity index (χ1n) is 6.11. The van der Waals surface area contributed by atoms with Gasteiger partial charge in [0.05, 0.1) is 12.1 Å². The maximum atomic E-state index is 12.3. The Bertz CT molecular complexity index is 337. The Morgan fingerprint density at radius 1 is 1.41 bits per heavy atom. The summed E-state index contributed by atoms with van der Waals surface area (Å²) in [6, 6.07) is 0.0133. The van der Waals surface area contributed by atoms with Gasteiger partial charge in [0.2, 0.25) is 5.91 Å². The molecule has 1 saturated carbocycles. The van der Waals surface area contributed by atoms with Crippen LogP contribution in [0.3, 0.4) is 0 Å². The van der Waals surface area contributed by atoms with Crippen molar-refractivity contribution in [2.45, 2.75) is 44.8 Å². The number of amides is 1. The third kappa shape index (κ3) is 1.82. The molecule has 1 aliphatic heterocycles. The number of hydrogen-bond donors (Lipinski definition) is 1. The molecule has 2 atom stereocenters. The average molecular weight is 241 g/mol. The Hall–Kier alpha value is -1.10. The van der Waals surface area contributed by atoms with E-state index in [1.807, 2.05) is 6.92 Å². The molecule has 2 aliphatic rings. The van der Waals surface area contributed by atoms with Gasteiger partial charge >= 0.3 is 5.97 Å². The molecule has 1 heterocycles. The average Bonchev–Trinajstić information content (AvgIpc) is 2.60. The van der Waals surface area contributed by atoms with Crippen molar-refractivity contribution >= 4 is 11.9 Å². The lowest BCUT2D eigenvalue weighted by Crippen LogP contribution is -2.55. The van der Waals surface area contributed by atoms with Gasteiger partial charge in [-0.2, -0.15) is 0 Å². The minimum absolute atomic E-state index is 0.00475. The molecule has 1 saturated heterocycles. The Labute approximate surface area is 101 Å². The molecule has 2 fully saturated rings. The molecular formula is C12H19NO4. The van der Waals surface area contributed by atoms with Crippen LogP contribution in [-0.2, 0) is 14.3 Å². The summed E-state index contributed by atoms with van der Waals surface area (Å²) < 4.78 is 5.42. The molecule has 96 valence electrons. The van der Waals surface area contributed by atoms with E-state index in [0.29, 0.717) is 19.4 Å². The van der Waals surface area contributed by atoms with Gasteiger partial charge in [0.25, 0.3) is 0 Å². The van der Waals surface area contributed by atoms with Crippen molar-refractivity contribution in [2.24, 2.45) is 5.41 Å². The van der Waals surface area contributed by atoms with Crippen LogP contribution in [0.4, 0.5) is 0 Å². The van der Waals surface area contributed by atoms with Gasteiger partial charge in [-0.05, 0) is 26.2 Å². The highest BCUT2D eigenvalue weighted by molar-refractivity contribution is 6.02. The Kier molecular flexibility index (Phi) is 3.12. The van der Waals surface area contributed by atoms with Gasteiger partial charge in [0.15, 0.2) is 0 Å². The summed E-state index contributed by atoms with van der Waals surface area (Å²) >= 11 is 0. The predicted molar refractivity (Wildman–Crippen MR) is 60.5 cm³/mol. The predicted octanol–water partition coefficient (Wildman–Crippen LogP) is 0.877. The maximum Gasteiger partial charge on any atom is 0.319 e. The van der Waals surface area contributed by atoms with Crippen molar-refractivity contribution in [1.82, 2.24) is 4.90 Å². The van der Waals surface area contributed by atoms with E-state index in [0.717, 1.165) is 12.8 Å². The quantitative estimate of drug-likeness (QED) is 0.745. The number of hydrogen-bond acceptors (Lipinski definition) is 3.